The molecule has 1 amide bonds. The third-order valence-corrected chi connectivity index (χ3v) is 5.61. The lowest BCUT2D eigenvalue weighted by Crippen LogP contribution is -2.25. The quantitative estimate of drug-likeness (QED) is 0.561. The fourth-order valence-electron chi connectivity index (χ4n) is 2.55. The zero-order valence-electron chi connectivity index (χ0n) is 15.6. The number of benzene rings is 2. The van der Waals surface area contributed by atoms with Gasteiger partial charge in [0.15, 0.2) is 0 Å². The minimum atomic E-state index is -3.52. The van der Waals surface area contributed by atoms with Crippen LogP contribution in [0, 0.1) is 0 Å². The van der Waals surface area contributed by atoms with E-state index in [2.05, 4.69) is 20.2 Å². The lowest BCUT2D eigenvalue weighted by atomic mass is 10.1. The molecule has 2 aromatic carbocycles. The molecule has 0 radical (unpaired) electrons. The number of amides is 1. The number of anilines is 1. The fraction of sp³-hybridized carbons (Fsp3) is 0.211. The van der Waals surface area contributed by atoms with E-state index in [1.54, 1.807) is 43.3 Å². The molecule has 0 aliphatic carbocycles. The van der Waals surface area contributed by atoms with Gasteiger partial charge in [-0.2, -0.15) is 4.98 Å². The molecule has 0 fully saturated rings. The van der Waals surface area contributed by atoms with Crippen molar-refractivity contribution in [1.29, 1.82) is 0 Å². The number of aromatic nitrogens is 2. The summed E-state index contributed by atoms with van der Waals surface area (Å²) in [5, 5.41) is 7.13. The Kier molecular flexibility index (Phi) is 6.50. The molecule has 10 heteroatoms. The summed E-state index contributed by atoms with van der Waals surface area (Å²) in [6.07, 6.45) is 0.469. The van der Waals surface area contributed by atoms with Crippen molar-refractivity contribution in [2.24, 2.45) is 0 Å². The molecule has 0 atom stereocenters. The SMILES string of the molecule is CCCS(=O)(=O)Nc1ccccc1C(=O)NCc1nc(-c2ccc(Cl)cc2)no1. The van der Waals surface area contributed by atoms with E-state index in [0.717, 1.165) is 5.56 Å². The summed E-state index contributed by atoms with van der Waals surface area (Å²) in [4.78, 5) is 16.8. The third-order valence-electron chi connectivity index (χ3n) is 3.88. The summed E-state index contributed by atoms with van der Waals surface area (Å²) < 4.78 is 31.7. The number of para-hydroxylation sites is 1. The number of carbonyl (C=O) groups is 1. The minimum Gasteiger partial charge on any atom is -0.343 e. The van der Waals surface area contributed by atoms with Gasteiger partial charge in [-0.3, -0.25) is 9.52 Å². The molecule has 29 heavy (non-hydrogen) atoms. The van der Waals surface area contributed by atoms with E-state index in [1.165, 1.54) is 12.1 Å². The second-order valence-electron chi connectivity index (χ2n) is 6.17. The van der Waals surface area contributed by atoms with Crippen LogP contribution in [0.2, 0.25) is 5.02 Å². The van der Waals surface area contributed by atoms with Gasteiger partial charge in [-0.25, -0.2) is 8.42 Å². The Bertz CT molecular complexity index is 1100. The van der Waals surface area contributed by atoms with Crippen molar-refractivity contribution in [3.8, 4) is 11.4 Å². The van der Waals surface area contributed by atoms with Crippen LogP contribution in [-0.2, 0) is 16.6 Å². The van der Waals surface area contributed by atoms with Crippen LogP contribution in [-0.4, -0.2) is 30.2 Å². The third kappa shape index (κ3) is 5.55. The Balaban J connectivity index is 1.68. The van der Waals surface area contributed by atoms with Gasteiger partial charge in [-0.1, -0.05) is 35.8 Å². The number of hydrogen-bond donors (Lipinski definition) is 2. The molecule has 0 bridgehead atoms. The maximum atomic E-state index is 12.5. The van der Waals surface area contributed by atoms with Crippen LogP contribution >= 0.6 is 11.6 Å². The number of hydrogen-bond acceptors (Lipinski definition) is 6. The van der Waals surface area contributed by atoms with Crippen LogP contribution in [0.1, 0.15) is 29.6 Å². The highest BCUT2D eigenvalue weighted by molar-refractivity contribution is 7.92. The molecule has 0 aliphatic heterocycles. The predicted octanol–water partition coefficient (Wildman–Crippen LogP) is 3.47. The summed E-state index contributed by atoms with van der Waals surface area (Å²) in [6, 6.07) is 13.3. The van der Waals surface area contributed by atoms with E-state index >= 15 is 0 Å². The van der Waals surface area contributed by atoms with Gasteiger partial charge < -0.3 is 9.84 Å². The van der Waals surface area contributed by atoms with Crippen molar-refractivity contribution < 1.29 is 17.7 Å². The van der Waals surface area contributed by atoms with Crippen molar-refractivity contribution in [1.82, 2.24) is 15.5 Å². The number of carbonyl (C=O) groups excluding carboxylic acids is 1. The Labute approximate surface area is 173 Å². The van der Waals surface area contributed by atoms with E-state index in [0.29, 0.717) is 17.3 Å². The van der Waals surface area contributed by atoms with Gasteiger partial charge in [0.05, 0.1) is 23.5 Å². The average molecular weight is 435 g/mol. The fourth-order valence-corrected chi connectivity index (χ4v) is 3.83. The zero-order valence-corrected chi connectivity index (χ0v) is 17.1. The first kappa shape index (κ1) is 20.8. The van der Waals surface area contributed by atoms with Crippen LogP contribution in [0.5, 0.6) is 0 Å². The molecule has 3 rings (SSSR count). The lowest BCUT2D eigenvalue weighted by molar-refractivity contribution is 0.0947. The standard InChI is InChI=1S/C19H19ClN4O4S/c1-2-11-29(26,27)24-16-6-4-3-5-15(16)19(25)21-12-17-22-18(23-28-17)13-7-9-14(20)10-8-13/h3-10,24H,2,11-12H2,1H3,(H,21,25). The summed E-state index contributed by atoms with van der Waals surface area (Å²) in [6.45, 7) is 1.76. The van der Waals surface area contributed by atoms with Crippen molar-refractivity contribution in [3.63, 3.8) is 0 Å². The van der Waals surface area contributed by atoms with Gasteiger partial charge in [-0.05, 0) is 42.8 Å². The maximum Gasteiger partial charge on any atom is 0.253 e. The first-order valence-electron chi connectivity index (χ1n) is 8.84. The topological polar surface area (TPSA) is 114 Å². The molecule has 0 unspecified atom stereocenters. The van der Waals surface area contributed by atoms with Gasteiger partial charge in [0, 0.05) is 10.6 Å². The minimum absolute atomic E-state index is 0.00450. The smallest absolute Gasteiger partial charge is 0.253 e. The van der Waals surface area contributed by atoms with Gasteiger partial charge in [0.25, 0.3) is 5.91 Å². The van der Waals surface area contributed by atoms with Gasteiger partial charge >= 0.3 is 0 Å². The normalized spacial score (nSPS) is 11.2. The van der Waals surface area contributed by atoms with E-state index in [9.17, 15) is 13.2 Å². The number of sulfonamides is 1. The van der Waals surface area contributed by atoms with Crippen LogP contribution in [0.15, 0.2) is 53.1 Å². The summed E-state index contributed by atoms with van der Waals surface area (Å²) >= 11 is 5.86. The van der Waals surface area contributed by atoms with Crippen LogP contribution in [0.3, 0.4) is 0 Å². The molecule has 0 spiro atoms. The number of halogens is 1. The van der Waals surface area contributed by atoms with E-state index in [1.807, 2.05) is 0 Å². The number of nitrogens with zero attached hydrogens (tertiary/aromatic N) is 2. The van der Waals surface area contributed by atoms with E-state index in [4.69, 9.17) is 16.1 Å². The summed E-state index contributed by atoms with van der Waals surface area (Å²) in [5.74, 6) is 0.0929. The molecular formula is C19H19ClN4O4S. The highest BCUT2D eigenvalue weighted by Crippen LogP contribution is 2.19. The zero-order chi connectivity index (χ0) is 20.9. The Hall–Kier alpha value is -2.91. The van der Waals surface area contributed by atoms with Crippen molar-refractivity contribution >= 4 is 33.2 Å². The molecule has 2 N–H and O–H groups in total. The summed E-state index contributed by atoms with van der Waals surface area (Å²) in [7, 11) is -3.52. The summed E-state index contributed by atoms with van der Waals surface area (Å²) in [5.41, 5.74) is 1.14. The molecule has 0 saturated heterocycles. The molecular weight excluding hydrogens is 416 g/mol. The number of nitrogens with one attached hydrogen (secondary N) is 2. The first-order chi connectivity index (χ1) is 13.9. The highest BCUT2D eigenvalue weighted by atomic mass is 35.5. The van der Waals surface area contributed by atoms with E-state index in [-0.39, 0.29) is 29.4 Å². The predicted molar refractivity (Wildman–Crippen MR) is 110 cm³/mol. The van der Waals surface area contributed by atoms with Crippen LogP contribution in [0.25, 0.3) is 11.4 Å². The van der Waals surface area contributed by atoms with E-state index < -0.39 is 15.9 Å². The maximum absolute atomic E-state index is 12.5. The Morgan fingerprint density at radius 2 is 1.86 bits per heavy atom. The van der Waals surface area contributed by atoms with Crippen molar-refractivity contribution in [2.45, 2.75) is 19.9 Å². The molecule has 8 nitrogen and oxygen atoms in total. The Morgan fingerprint density at radius 3 is 2.59 bits per heavy atom. The molecule has 3 aromatic rings. The lowest BCUT2D eigenvalue weighted by Gasteiger charge is -2.11. The van der Waals surface area contributed by atoms with Crippen molar-refractivity contribution in [3.05, 3.63) is 65.0 Å². The van der Waals surface area contributed by atoms with Crippen molar-refractivity contribution in [2.75, 3.05) is 10.5 Å². The molecule has 1 heterocycles. The van der Waals surface area contributed by atoms with Gasteiger partial charge in [-0.15, -0.1) is 0 Å². The van der Waals surface area contributed by atoms with Crippen LogP contribution < -0.4 is 10.0 Å². The second-order valence-corrected chi connectivity index (χ2v) is 8.45. The molecule has 0 saturated carbocycles. The molecule has 1 aromatic heterocycles. The molecule has 152 valence electrons. The highest BCUT2D eigenvalue weighted by Gasteiger charge is 2.17. The average Bonchev–Trinajstić information content (AvgIpc) is 3.16. The monoisotopic (exact) mass is 434 g/mol. The number of rotatable bonds is 8. The Morgan fingerprint density at radius 1 is 1.14 bits per heavy atom. The molecule has 0 aliphatic rings. The van der Waals surface area contributed by atoms with Gasteiger partial charge in [0.2, 0.25) is 21.7 Å². The largest absolute Gasteiger partial charge is 0.343 e. The van der Waals surface area contributed by atoms with Crippen LogP contribution in [0.4, 0.5) is 5.69 Å². The second kappa shape index (κ2) is 9.06. The van der Waals surface area contributed by atoms with Gasteiger partial charge in [0.1, 0.15) is 0 Å². The first-order valence-corrected chi connectivity index (χ1v) is 10.9.